The third-order valence-corrected chi connectivity index (χ3v) is 3.68. The van der Waals surface area contributed by atoms with Gasteiger partial charge in [-0.25, -0.2) is 4.39 Å². The van der Waals surface area contributed by atoms with Gasteiger partial charge >= 0.3 is 0 Å². The van der Waals surface area contributed by atoms with Crippen molar-refractivity contribution in [2.24, 2.45) is 5.92 Å². The minimum Gasteiger partial charge on any atom is -0.396 e. The molecule has 112 valence electrons. The third kappa shape index (κ3) is 3.39. The van der Waals surface area contributed by atoms with E-state index in [9.17, 15) is 9.18 Å². The molecule has 0 aliphatic rings. The first-order chi connectivity index (χ1) is 10.0. The Morgan fingerprint density at radius 3 is 2.48 bits per heavy atom. The van der Waals surface area contributed by atoms with E-state index in [4.69, 9.17) is 5.11 Å². The van der Waals surface area contributed by atoms with Crippen molar-refractivity contribution < 1.29 is 14.3 Å². The van der Waals surface area contributed by atoms with Crippen LogP contribution in [0.3, 0.4) is 0 Å². The number of aliphatic hydroxyl groups is 1. The van der Waals surface area contributed by atoms with Crippen LogP contribution < -0.4 is 5.32 Å². The molecule has 0 radical (unpaired) electrons. The van der Waals surface area contributed by atoms with Crippen LogP contribution in [0, 0.1) is 11.7 Å². The molecule has 3 nitrogen and oxygen atoms in total. The van der Waals surface area contributed by atoms with Crippen molar-refractivity contribution in [3.8, 4) is 0 Å². The highest BCUT2D eigenvalue weighted by Crippen LogP contribution is 2.22. The summed E-state index contributed by atoms with van der Waals surface area (Å²) >= 11 is 0. The summed E-state index contributed by atoms with van der Waals surface area (Å²) in [6.45, 7) is 4.00. The van der Waals surface area contributed by atoms with Crippen LogP contribution in [0.2, 0.25) is 0 Å². The van der Waals surface area contributed by atoms with Crippen molar-refractivity contribution in [2.75, 3.05) is 6.61 Å². The Bertz CT molecular complexity index is 640. The number of fused-ring (bicyclic) bond motifs is 1. The Morgan fingerprint density at radius 1 is 1.19 bits per heavy atom. The first-order valence-electron chi connectivity index (χ1n) is 7.13. The summed E-state index contributed by atoms with van der Waals surface area (Å²) in [5.41, 5.74) is 0.454. The van der Waals surface area contributed by atoms with E-state index < -0.39 is 0 Å². The number of carbonyl (C=O) groups is 1. The monoisotopic (exact) mass is 289 g/mol. The van der Waals surface area contributed by atoms with Crippen LogP contribution in [0.25, 0.3) is 10.8 Å². The Kier molecular flexibility index (Phi) is 4.91. The smallest absolute Gasteiger partial charge is 0.252 e. The molecule has 0 fully saturated rings. The zero-order valence-electron chi connectivity index (χ0n) is 12.3. The Morgan fingerprint density at radius 2 is 1.86 bits per heavy atom. The Labute approximate surface area is 123 Å². The van der Waals surface area contributed by atoms with Gasteiger partial charge in [0.25, 0.3) is 5.91 Å². The van der Waals surface area contributed by atoms with Crippen molar-refractivity contribution in [3.05, 3.63) is 47.8 Å². The summed E-state index contributed by atoms with van der Waals surface area (Å²) in [4.78, 5) is 12.4. The second-order valence-corrected chi connectivity index (χ2v) is 5.48. The lowest BCUT2D eigenvalue weighted by molar-refractivity contribution is 0.0918. The molecular weight excluding hydrogens is 269 g/mol. The minimum atomic E-state index is -0.335. The van der Waals surface area contributed by atoms with E-state index in [-0.39, 0.29) is 30.3 Å². The van der Waals surface area contributed by atoms with Gasteiger partial charge in [0.05, 0.1) is 0 Å². The predicted molar refractivity (Wildman–Crippen MR) is 81.7 cm³/mol. The molecule has 2 N–H and O–H groups in total. The normalized spacial score (nSPS) is 12.6. The molecule has 1 atom stereocenters. The summed E-state index contributed by atoms with van der Waals surface area (Å²) in [5.74, 6) is -0.357. The molecule has 21 heavy (non-hydrogen) atoms. The number of rotatable bonds is 5. The predicted octanol–water partition coefficient (Wildman–Crippen LogP) is 3.12. The fourth-order valence-electron chi connectivity index (χ4n) is 2.42. The quantitative estimate of drug-likeness (QED) is 0.888. The van der Waals surface area contributed by atoms with Crippen molar-refractivity contribution in [1.29, 1.82) is 0 Å². The van der Waals surface area contributed by atoms with Gasteiger partial charge in [0, 0.05) is 23.6 Å². The average molecular weight is 289 g/mol. The molecule has 0 saturated heterocycles. The topological polar surface area (TPSA) is 49.3 Å². The molecule has 2 aromatic rings. The molecule has 0 heterocycles. The Balaban J connectivity index is 2.33. The molecule has 2 aromatic carbocycles. The fourth-order valence-corrected chi connectivity index (χ4v) is 2.42. The van der Waals surface area contributed by atoms with E-state index in [1.807, 2.05) is 13.8 Å². The number of nitrogens with one attached hydrogen (secondary N) is 1. The summed E-state index contributed by atoms with van der Waals surface area (Å²) in [6.07, 6.45) is 0.503. The summed E-state index contributed by atoms with van der Waals surface area (Å²) < 4.78 is 13.8. The van der Waals surface area contributed by atoms with E-state index >= 15 is 0 Å². The van der Waals surface area contributed by atoms with Gasteiger partial charge in [0.2, 0.25) is 0 Å². The number of benzene rings is 2. The van der Waals surface area contributed by atoms with Crippen LogP contribution in [0.4, 0.5) is 4.39 Å². The first kappa shape index (κ1) is 15.4. The van der Waals surface area contributed by atoms with Crippen LogP contribution in [0.5, 0.6) is 0 Å². The van der Waals surface area contributed by atoms with Crippen molar-refractivity contribution >= 4 is 16.7 Å². The fraction of sp³-hybridized carbons (Fsp3) is 0.353. The molecule has 0 aliphatic carbocycles. The SMILES string of the molecule is CC(C)C(CCO)NC(=O)c1ccc(F)c2ccccc12. The van der Waals surface area contributed by atoms with Crippen molar-refractivity contribution in [2.45, 2.75) is 26.3 Å². The second-order valence-electron chi connectivity index (χ2n) is 5.48. The number of aliphatic hydroxyl groups excluding tert-OH is 1. The number of hydrogen-bond acceptors (Lipinski definition) is 2. The van der Waals surface area contributed by atoms with Gasteiger partial charge in [0.1, 0.15) is 5.82 Å². The highest BCUT2D eigenvalue weighted by atomic mass is 19.1. The molecule has 1 unspecified atom stereocenters. The van der Waals surface area contributed by atoms with Gasteiger partial charge in [-0.1, -0.05) is 38.1 Å². The first-order valence-corrected chi connectivity index (χ1v) is 7.13. The maximum atomic E-state index is 13.8. The maximum Gasteiger partial charge on any atom is 0.252 e. The second kappa shape index (κ2) is 6.68. The van der Waals surface area contributed by atoms with Gasteiger partial charge in [-0.15, -0.1) is 0 Å². The molecule has 0 aromatic heterocycles. The average Bonchev–Trinajstić information content (AvgIpc) is 2.47. The number of hydrogen-bond donors (Lipinski definition) is 2. The van der Waals surface area contributed by atoms with Gasteiger partial charge in [0.15, 0.2) is 0 Å². The number of amides is 1. The third-order valence-electron chi connectivity index (χ3n) is 3.68. The molecule has 4 heteroatoms. The van der Waals surface area contributed by atoms with E-state index in [1.165, 1.54) is 12.1 Å². The van der Waals surface area contributed by atoms with Crippen molar-refractivity contribution in [3.63, 3.8) is 0 Å². The van der Waals surface area contributed by atoms with Gasteiger partial charge in [-0.05, 0) is 29.9 Å². The zero-order valence-corrected chi connectivity index (χ0v) is 12.3. The molecule has 1 amide bonds. The molecular formula is C17H20FNO2. The van der Waals surface area contributed by atoms with Crippen molar-refractivity contribution in [1.82, 2.24) is 5.32 Å². The van der Waals surface area contributed by atoms with E-state index in [0.29, 0.717) is 22.8 Å². The van der Waals surface area contributed by atoms with Crippen LogP contribution >= 0.6 is 0 Å². The minimum absolute atomic E-state index is 0.0211. The lowest BCUT2D eigenvalue weighted by Crippen LogP contribution is -2.39. The molecule has 0 saturated carbocycles. The summed E-state index contributed by atoms with van der Waals surface area (Å²) in [7, 11) is 0. The lowest BCUT2D eigenvalue weighted by atomic mass is 9.99. The standard InChI is InChI=1S/C17H20FNO2/c1-11(2)16(9-10-20)19-17(21)14-7-8-15(18)13-6-4-3-5-12(13)14/h3-8,11,16,20H,9-10H2,1-2H3,(H,19,21). The van der Waals surface area contributed by atoms with E-state index in [1.54, 1.807) is 24.3 Å². The zero-order chi connectivity index (χ0) is 15.4. The highest BCUT2D eigenvalue weighted by molar-refractivity contribution is 6.07. The van der Waals surface area contributed by atoms with Crippen LogP contribution in [-0.2, 0) is 0 Å². The van der Waals surface area contributed by atoms with Crippen LogP contribution in [-0.4, -0.2) is 23.7 Å². The van der Waals surface area contributed by atoms with E-state index in [2.05, 4.69) is 5.32 Å². The number of carbonyl (C=O) groups excluding carboxylic acids is 1. The lowest BCUT2D eigenvalue weighted by Gasteiger charge is -2.22. The summed E-state index contributed by atoms with van der Waals surface area (Å²) in [6, 6.07) is 9.64. The van der Waals surface area contributed by atoms with Crippen LogP contribution in [0.15, 0.2) is 36.4 Å². The maximum absolute atomic E-state index is 13.8. The molecule has 2 rings (SSSR count). The summed E-state index contributed by atoms with van der Waals surface area (Å²) in [5, 5.41) is 13.0. The van der Waals surface area contributed by atoms with Gasteiger partial charge in [-0.3, -0.25) is 4.79 Å². The van der Waals surface area contributed by atoms with Gasteiger partial charge < -0.3 is 10.4 Å². The Hall–Kier alpha value is -1.94. The molecule has 0 aliphatic heterocycles. The highest BCUT2D eigenvalue weighted by Gasteiger charge is 2.18. The van der Waals surface area contributed by atoms with E-state index in [0.717, 1.165) is 0 Å². The van der Waals surface area contributed by atoms with Gasteiger partial charge in [-0.2, -0.15) is 0 Å². The van der Waals surface area contributed by atoms with Crippen LogP contribution in [0.1, 0.15) is 30.6 Å². The number of halogens is 1. The molecule has 0 bridgehead atoms. The molecule has 0 spiro atoms. The largest absolute Gasteiger partial charge is 0.396 e.